The summed E-state index contributed by atoms with van der Waals surface area (Å²) >= 11 is 0. The van der Waals surface area contributed by atoms with E-state index in [1.807, 2.05) is 18.2 Å². The highest BCUT2D eigenvalue weighted by Crippen LogP contribution is 2.71. The summed E-state index contributed by atoms with van der Waals surface area (Å²) in [5.41, 5.74) is 3.54. The minimum atomic E-state index is -0.106. The molecule has 1 aromatic heterocycles. The number of piperidine rings is 1. The summed E-state index contributed by atoms with van der Waals surface area (Å²) in [4.78, 5) is 18.5. The second-order valence-electron chi connectivity index (χ2n) is 11.8. The minimum absolute atomic E-state index is 0.0282. The Balaban J connectivity index is 1.25. The fraction of sp³-hybridized carbons (Fsp3) is 0.552. The number of hydrogen-bond acceptors (Lipinski definition) is 5. The average molecular weight is 473 g/mol. The zero-order chi connectivity index (χ0) is 23.4. The van der Waals surface area contributed by atoms with Crippen LogP contribution in [0.5, 0.6) is 11.5 Å². The molecule has 1 N–H and O–H groups in total. The van der Waals surface area contributed by atoms with Gasteiger partial charge in [0, 0.05) is 47.2 Å². The lowest BCUT2D eigenvalue weighted by atomic mass is 9.42. The van der Waals surface area contributed by atoms with Crippen LogP contribution in [0.1, 0.15) is 55.2 Å². The summed E-state index contributed by atoms with van der Waals surface area (Å²) in [6.07, 6.45) is 14.7. The molecule has 2 saturated carbocycles. The van der Waals surface area contributed by atoms with Crippen molar-refractivity contribution in [2.24, 2.45) is 11.3 Å². The van der Waals surface area contributed by atoms with Crippen molar-refractivity contribution in [1.29, 1.82) is 0 Å². The summed E-state index contributed by atoms with van der Waals surface area (Å²) in [7, 11) is 0. The predicted octanol–water partition coefficient (Wildman–Crippen LogP) is 4.12. The number of carbonyl (C=O) groups excluding carboxylic acids is 1. The topological polar surface area (TPSA) is 66.2 Å². The standard InChI is InChI=1S/C29H32N2O4/c32-22-5-4-20-15-23-28-9-7-21(31(13-10-28)24(33)6-3-19-8-14-34-17-19)27-29(28,25(20)26(22)35-27)11-12-30(23)16-18-1-2-18/h3-6,8,14,17-18,21,23,27,32H,1-2,7,9-13,15-16H2/b6-3+/t21-,23-,27+,28-,29+/m1/s1. The number of ether oxygens (including phenoxy) is 1. The first-order valence-corrected chi connectivity index (χ1v) is 13.4. The molecule has 6 nitrogen and oxygen atoms in total. The summed E-state index contributed by atoms with van der Waals surface area (Å²) in [6, 6.07) is 6.36. The van der Waals surface area contributed by atoms with E-state index in [4.69, 9.17) is 9.15 Å². The number of carbonyl (C=O) groups is 1. The summed E-state index contributed by atoms with van der Waals surface area (Å²) in [6.45, 7) is 3.09. The lowest BCUT2D eigenvalue weighted by molar-refractivity contribution is -0.140. The maximum atomic E-state index is 13.6. The van der Waals surface area contributed by atoms with Crippen molar-refractivity contribution in [3.63, 3.8) is 0 Å². The molecule has 182 valence electrons. The Morgan fingerprint density at radius 3 is 2.89 bits per heavy atom. The highest BCUT2D eigenvalue weighted by Gasteiger charge is 2.74. The molecule has 3 aliphatic carbocycles. The maximum absolute atomic E-state index is 13.6. The van der Waals surface area contributed by atoms with Gasteiger partial charge in [-0.25, -0.2) is 0 Å². The van der Waals surface area contributed by atoms with Crippen molar-refractivity contribution in [1.82, 2.24) is 9.80 Å². The SMILES string of the molecule is O=C(/C=C/c1ccoc1)N1CC[C@@]23CC[C@@H]1[C@@H]1Oc4c(O)ccc5c4[C@@]12CCN(CC1CC1)[C@@H]3C5. The van der Waals surface area contributed by atoms with Gasteiger partial charge in [0.15, 0.2) is 11.5 Å². The molecule has 9 rings (SSSR count). The van der Waals surface area contributed by atoms with Gasteiger partial charge in [-0.05, 0) is 81.2 Å². The van der Waals surface area contributed by atoms with Crippen molar-refractivity contribution >= 4 is 12.0 Å². The Morgan fingerprint density at radius 2 is 2.06 bits per heavy atom. The maximum Gasteiger partial charge on any atom is 0.246 e. The van der Waals surface area contributed by atoms with Crippen LogP contribution >= 0.6 is 0 Å². The van der Waals surface area contributed by atoms with Gasteiger partial charge in [-0.15, -0.1) is 0 Å². The molecule has 1 amide bonds. The third-order valence-corrected chi connectivity index (χ3v) is 10.4. The molecule has 3 saturated heterocycles. The first-order valence-electron chi connectivity index (χ1n) is 13.4. The van der Waals surface area contributed by atoms with E-state index in [0.717, 1.165) is 56.7 Å². The highest BCUT2D eigenvalue weighted by atomic mass is 16.5. The van der Waals surface area contributed by atoms with Crippen molar-refractivity contribution < 1.29 is 19.1 Å². The quantitative estimate of drug-likeness (QED) is 0.679. The van der Waals surface area contributed by atoms with Crippen LogP contribution in [0.15, 0.2) is 41.2 Å². The van der Waals surface area contributed by atoms with Crippen molar-refractivity contribution in [3.05, 3.63) is 53.5 Å². The van der Waals surface area contributed by atoms with Crippen LogP contribution in [0.25, 0.3) is 6.08 Å². The normalized spacial score (nSPS) is 36.8. The molecule has 0 unspecified atom stereocenters. The lowest BCUT2D eigenvalue weighted by Crippen LogP contribution is -2.72. The van der Waals surface area contributed by atoms with E-state index in [0.29, 0.717) is 11.8 Å². The van der Waals surface area contributed by atoms with E-state index in [9.17, 15) is 9.90 Å². The molecule has 2 aromatic rings. The number of furan rings is 1. The first kappa shape index (κ1) is 20.5. The van der Waals surface area contributed by atoms with Gasteiger partial charge >= 0.3 is 0 Å². The molecule has 5 atom stereocenters. The van der Waals surface area contributed by atoms with Crippen LogP contribution < -0.4 is 4.74 Å². The summed E-state index contributed by atoms with van der Waals surface area (Å²) < 4.78 is 11.9. The van der Waals surface area contributed by atoms with Crippen LogP contribution in [0.3, 0.4) is 0 Å². The zero-order valence-electron chi connectivity index (χ0n) is 20.0. The number of nitrogens with zero attached hydrogens (tertiary/aromatic N) is 2. The third kappa shape index (κ3) is 2.56. The van der Waals surface area contributed by atoms with Gasteiger partial charge in [0.05, 0.1) is 18.6 Å². The molecular formula is C29H32N2O4. The molecule has 2 spiro atoms. The van der Waals surface area contributed by atoms with Gasteiger partial charge in [0.25, 0.3) is 0 Å². The van der Waals surface area contributed by atoms with Gasteiger partial charge in [0.2, 0.25) is 5.91 Å². The number of fused-ring (bicyclic) bond motifs is 3. The molecule has 35 heavy (non-hydrogen) atoms. The Labute approximate surface area is 205 Å². The van der Waals surface area contributed by atoms with E-state index in [2.05, 4.69) is 15.9 Å². The molecule has 5 fully saturated rings. The Kier molecular flexibility index (Phi) is 4.06. The molecule has 7 aliphatic rings. The number of aromatic hydroxyl groups is 1. The number of hydrogen-bond donors (Lipinski definition) is 1. The van der Waals surface area contributed by atoms with Gasteiger partial charge in [0.1, 0.15) is 6.10 Å². The number of phenols is 1. The molecule has 4 aliphatic heterocycles. The summed E-state index contributed by atoms with van der Waals surface area (Å²) in [5, 5.41) is 10.9. The Hall–Kier alpha value is -2.73. The second-order valence-corrected chi connectivity index (χ2v) is 11.8. The predicted molar refractivity (Wildman–Crippen MR) is 130 cm³/mol. The van der Waals surface area contributed by atoms with E-state index in [-0.39, 0.29) is 34.6 Å². The van der Waals surface area contributed by atoms with Crippen LogP contribution in [0.4, 0.5) is 0 Å². The second kappa shape index (κ2) is 6.94. The molecule has 1 aromatic carbocycles. The number of benzene rings is 1. The third-order valence-electron chi connectivity index (χ3n) is 10.4. The largest absolute Gasteiger partial charge is 0.504 e. The van der Waals surface area contributed by atoms with Crippen molar-refractivity contribution in [2.45, 2.75) is 68.5 Å². The van der Waals surface area contributed by atoms with Crippen LogP contribution in [-0.4, -0.2) is 58.6 Å². The molecule has 6 heteroatoms. The summed E-state index contributed by atoms with van der Waals surface area (Å²) in [5.74, 6) is 1.89. The number of phenolic OH excluding ortho intramolecular Hbond substituents is 1. The number of rotatable bonds is 4. The molecule has 0 radical (unpaired) electrons. The van der Waals surface area contributed by atoms with Gasteiger partial charge in [-0.3, -0.25) is 9.69 Å². The van der Waals surface area contributed by atoms with Gasteiger partial charge < -0.3 is 19.2 Å². The highest BCUT2D eigenvalue weighted by molar-refractivity contribution is 5.92. The average Bonchev–Trinajstić information content (AvgIpc) is 3.47. The lowest BCUT2D eigenvalue weighted by Gasteiger charge is -2.66. The fourth-order valence-corrected chi connectivity index (χ4v) is 8.90. The molecule has 4 bridgehead atoms. The Morgan fingerprint density at radius 1 is 1.14 bits per heavy atom. The molecular weight excluding hydrogens is 440 g/mol. The van der Waals surface area contributed by atoms with Gasteiger partial charge in [-0.2, -0.15) is 0 Å². The smallest absolute Gasteiger partial charge is 0.246 e. The van der Waals surface area contributed by atoms with Crippen molar-refractivity contribution in [3.8, 4) is 11.5 Å². The first-order chi connectivity index (χ1) is 17.1. The van der Waals surface area contributed by atoms with Gasteiger partial charge in [-0.1, -0.05) is 6.07 Å². The van der Waals surface area contributed by atoms with E-state index in [1.165, 1.54) is 30.5 Å². The Bertz CT molecular complexity index is 1230. The van der Waals surface area contributed by atoms with E-state index < -0.39 is 0 Å². The van der Waals surface area contributed by atoms with E-state index in [1.54, 1.807) is 18.6 Å². The van der Waals surface area contributed by atoms with Crippen LogP contribution in [0, 0.1) is 11.3 Å². The minimum Gasteiger partial charge on any atom is -0.504 e. The van der Waals surface area contributed by atoms with E-state index >= 15 is 0 Å². The zero-order valence-corrected chi connectivity index (χ0v) is 20.0. The van der Waals surface area contributed by atoms with Crippen LogP contribution in [-0.2, 0) is 16.6 Å². The monoisotopic (exact) mass is 472 g/mol. The molecule has 5 heterocycles. The van der Waals surface area contributed by atoms with Crippen molar-refractivity contribution in [2.75, 3.05) is 19.6 Å². The number of likely N-dealkylation sites (tertiary alicyclic amines) is 1. The van der Waals surface area contributed by atoms with Crippen LogP contribution in [0.2, 0.25) is 0 Å². The number of amides is 1. The fourth-order valence-electron chi connectivity index (χ4n) is 8.90.